The number of aromatic nitrogens is 1. The van der Waals surface area contributed by atoms with E-state index in [-0.39, 0.29) is 5.78 Å². The molecule has 7 nitrogen and oxygen atoms in total. The highest BCUT2D eigenvalue weighted by Crippen LogP contribution is 2.42. The molecule has 1 saturated carbocycles. The number of likely N-dealkylation sites (N-methyl/N-ethyl adjacent to an activating group) is 1. The van der Waals surface area contributed by atoms with Crippen LogP contribution in [-0.4, -0.2) is 54.3 Å². The molecule has 2 aromatic rings. The Balaban J connectivity index is 1.53. The summed E-state index contributed by atoms with van der Waals surface area (Å²) in [5.41, 5.74) is -0.207. The van der Waals surface area contributed by atoms with Gasteiger partial charge in [0, 0.05) is 43.3 Å². The fraction of sp³-hybridized carbons (Fsp3) is 0.440. The summed E-state index contributed by atoms with van der Waals surface area (Å²) >= 11 is 6.46. The molecule has 1 amide bonds. The minimum atomic E-state index is -1.16. The Morgan fingerprint density at radius 2 is 1.88 bits per heavy atom. The fourth-order valence-corrected chi connectivity index (χ4v) is 5.17. The predicted molar refractivity (Wildman–Crippen MR) is 125 cm³/mol. The van der Waals surface area contributed by atoms with Crippen LogP contribution in [-0.2, 0) is 19.9 Å². The second kappa shape index (κ2) is 9.91. The van der Waals surface area contributed by atoms with Crippen LogP contribution in [0.2, 0.25) is 5.02 Å². The third kappa shape index (κ3) is 4.47. The number of benzene rings is 1. The van der Waals surface area contributed by atoms with E-state index in [1.165, 1.54) is 4.90 Å². The lowest BCUT2D eigenvalue weighted by atomic mass is 9.74. The molecule has 33 heavy (non-hydrogen) atoms. The standard InChI is InChI=1S/C25H28ClN3O4/c1-28(25(13-5-4-12-21(25)30)19-10-2-3-11-20(19)26)22(31)17-33-24(32)18-9-8-14-27-23(18)29-15-6-7-16-29/h2-3,8-11,14H,4-7,12-13,15-17H2,1H3. The van der Waals surface area contributed by atoms with Crippen molar-refractivity contribution in [1.29, 1.82) is 0 Å². The molecule has 8 heteroatoms. The number of ether oxygens (including phenoxy) is 1. The normalized spacial score (nSPS) is 20.5. The zero-order chi connectivity index (χ0) is 23.4. The van der Waals surface area contributed by atoms with Crippen LogP contribution in [0.3, 0.4) is 0 Å². The Hall–Kier alpha value is -2.93. The van der Waals surface area contributed by atoms with E-state index < -0.39 is 24.0 Å². The highest BCUT2D eigenvalue weighted by Gasteiger charge is 2.48. The van der Waals surface area contributed by atoms with Gasteiger partial charge in [0.1, 0.15) is 16.9 Å². The minimum Gasteiger partial charge on any atom is -0.452 e. The van der Waals surface area contributed by atoms with Gasteiger partial charge in [0.05, 0.1) is 0 Å². The molecule has 174 valence electrons. The summed E-state index contributed by atoms with van der Waals surface area (Å²) in [7, 11) is 1.59. The van der Waals surface area contributed by atoms with Crippen LogP contribution in [0.1, 0.15) is 54.4 Å². The summed E-state index contributed by atoms with van der Waals surface area (Å²) in [6.07, 6.45) is 6.17. The van der Waals surface area contributed by atoms with Gasteiger partial charge in [-0.3, -0.25) is 9.59 Å². The molecule has 1 unspecified atom stereocenters. The van der Waals surface area contributed by atoms with Crippen LogP contribution in [0, 0.1) is 0 Å². The first-order valence-electron chi connectivity index (χ1n) is 11.4. The molecule has 1 aliphatic heterocycles. The number of anilines is 1. The van der Waals surface area contributed by atoms with Gasteiger partial charge in [0.25, 0.3) is 5.91 Å². The van der Waals surface area contributed by atoms with E-state index in [1.54, 1.807) is 43.6 Å². The van der Waals surface area contributed by atoms with Gasteiger partial charge in [-0.25, -0.2) is 9.78 Å². The van der Waals surface area contributed by atoms with Crippen molar-refractivity contribution in [3.8, 4) is 0 Å². The van der Waals surface area contributed by atoms with Crippen molar-refractivity contribution in [2.24, 2.45) is 0 Å². The number of rotatable bonds is 6. The third-order valence-corrected chi connectivity index (χ3v) is 6.99. The van der Waals surface area contributed by atoms with E-state index in [9.17, 15) is 14.4 Å². The van der Waals surface area contributed by atoms with E-state index in [1.807, 2.05) is 6.07 Å². The van der Waals surface area contributed by atoms with Gasteiger partial charge in [-0.15, -0.1) is 0 Å². The number of hydrogen-bond donors (Lipinski definition) is 0. The van der Waals surface area contributed by atoms with Crippen LogP contribution in [0.4, 0.5) is 5.82 Å². The van der Waals surface area contributed by atoms with Gasteiger partial charge < -0.3 is 14.5 Å². The summed E-state index contributed by atoms with van der Waals surface area (Å²) in [5, 5.41) is 0.440. The summed E-state index contributed by atoms with van der Waals surface area (Å²) in [5.74, 6) is -0.526. The van der Waals surface area contributed by atoms with E-state index in [4.69, 9.17) is 16.3 Å². The van der Waals surface area contributed by atoms with Crippen LogP contribution in [0.15, 0.2) is 42.6 Å². The molecule has 4 rings (SSSR count). The number of amides is 1. The van der Waals surface area contributed by atoms with Crippen molar-refractivity contribution in [3.05, 3.63) is 58.7 Å². The lowest BCUT2D eigenvalue weighted by Gasteiger charge is -2.43. The number of ketones is 1. The molecule has 0 radical (unpaired) electrons. The summed E-state index contributed by atoms with van der Waals surface area (Å²) < 4.78 is 5.41. The van der Waals surface area contributed by atoms with Crippen molar-refractivity contribution < 1.29 is 19.1 Å². The first-order valence-corrected chi connectivity index (χ1v) is 11.7. The molecular formula is C25H28ClN3O4. The molecule has 2 heterocycles. The maximum Gasteiger partial charge on any atom is 0.342 e. The van der Waals surface area contributed by atoms with E-state index in [2.05, 4.69) is 9.88 Å². The first-order chi connectivity index (χ1) is 15.9. The van der Waals surface area contributed by atoms with E-state index in [0.717, 1.165) is 38.8 Å². The Morgan fingerprint density at radius 3 is 2.61 bits per heavy atom. The first kappa shape index (κ1) is 23.2. The topological polar surface area (TPSA) is 79.8 Å². The zero-order valence-electron chi connectivity index (χ0n) is 18.8. The zero-order valence-corrected chi connectivity index (χ0v) is 19.5. The molecular weight excluding hydrogens is 442 g/mol. The SMILES string of the molecule is CN(C(=O)COC(=O)c1cccnc1N1CCCC1)C1(c2ccccc2Cl)CCCCC1=O. The van der Waals surface area contributed by atoms with Gasteiger partial charge in [-0.2, -0.15) is 0 Å². The maximum atomic E-state index is 13.2. The van der Waals surface area contributed by atoms with Crippen molar-refractivity contribution in [1.82, 2.24) is 9.88 Å². The number of nitrogens with zero attached hydrogens (tertiary/aromatic N) is 3. The second-order valence-electron chi connectivity index (χ2n) is 8.57. The van der Waals surface area contributed by atoms with E-state index in [0.29, 0.717) is 34.8 Å². The molecule has 1 aliphatic carbocycles. The number of halogens is 1. The van der Waals surface area contributed by atoms with Gasteiger partial charge in [0.2, 0.25) is 0 Å². The number of esters is 1. The molecule has 1 aromatic carbocycles. The molecule has 0 N–H and O–H groups in total. The van der Waals surface area contributed by atoms with Gasteiger partial charge in [-0.1, -0.05) is 29.8 Å². The number of Topliss-reactive ketones (excluding diaryl/α,β-unsaturated/α-hetero) is 1. The van der Waals surface area contributed by atoms with Crippen LogP contribution >= 0.6 is 11.6 Å². The average Bonchev–Trinajstić information content (AvgIpc) is 3.38. The molecule has 0 bridgehead atoms. The highest BCUT2D eigenvalue weighted by molar-refractivity contribution is 6.31. The van der Waals surface area contributed by atoms with E-state index >= 15 is 0 Å². The van der Waals surface area contributed by atoms with Crippen LogP contribution in [0.5, 0.6) is 0 Å². The average molecular weight is 470 g/mol. The summed E-state index contributed by atoms with van der Waals surface area (Å²) in [4.78, 5) is 47.0. The Labute approximate surface area is 198 Å². The van der Waals surface area contributed by atoms with Crippen LogP contribution in [0.25, 0.3) is 0 Å². The Kier molecular flexibility index (Phi) is 6.98. The lowest BCUT2D eigenvalue weighted by Crippen LogP contribution is -2.55. The molecule has 2 fully saturated rings. The smallest absolute Gasteiger partial charge is 0.342 e. The molecule has 2 aliphatic rings. The number of carbonyl (C=O) groups excluding carboxylic acids is 3. The Bertz CT molecular complexity index is 1050. The van der Waals surface area contributed by atoms with Gasteiger partial charge >= 0.3 is 5.97 Å². The van der Waals surface area contributed by atoms with Crippen molar-refractivity contribution in [2.45, 2.75) is 44.1 Å². The van der Waals surface area contributed by atoms with Crippen LogP contribution < -0.4 is 4.90 Å². The van der Waals surface area contributed by atoms with Crippen molar-refractivity contribution in [2.75, 3.05) is 31.6 Å². The number of pyridine rings is 1. The highest BCUT2D eigenvalue weighted by atomic mass is 35.5. The molecule has 1 saturated heterocycles. The largest absolute Gasteiger partial charge is 0.452 e. The maximum absolute atomic E-state index is 13.2. The molecule has 0 spiro atoms. The third-order valence-electron chi connectivity index (χ3n) is 6.66. The second-order valence-corrected chi connectivity index (χ2v) is 8.98. The van der Waals surface area contributed by atoms with Gasteiger partial charge in [-0.05, 0) is 50.3 Å². The summed E-state index contributed by atoms with van der Waals surface area (Å²) in [6, 6.07) is 10.5. The molecule has 1 atom stereocenters. The number of hydrogen-bond acceptors (Lipinski definition) is 6. The quantitative estimate of drug-likeness (QED) is 0.595. The predicted octanol–water partition coefficient (Wildman–Crippen LogP) is 3.99. The molecule has 1 aromatic heterocycles. The monoisotopic (exact) mass is 469 g/mol. The minimum absolute atomic E-state index is 0.0485. The fourth-order valence-electron chi connectivity index (χ4n) is 4.88. The van der Waals surface area contributed by atoms with Gasteiger partial charge in [0.15, 0.2) is 12.4 Å². The number of carbonyl (C=O) groups is 3. The Morgan fingerprint density at radius 1 is 1.12 bits per heavy atom. The van der Waals surface area contributed by atoms with Crippen molar-refractivity contribution in [3.63, 3.8) is 0 Å². The van der Waals surface area contributed by atoms with Crippen molar-refractivity contribution >= 4 is 35.1 Å². The lowest BCUT2D eigenvalue weighted by molar-refractivity contribution is -0.150. The summed E-state index contributed by atoms with van der Waals surface area (Å²) in [6.45, 7) is 1.20.